The van der Waals surface area contributed by atoms with Crippen molar-refractivity contribution in [2.75, 3.05) is 11.5 Å². The Hall–Kier alpha value is -5.08. The Bertz CT molecular complexity index is 1760. The van der Waals surface area contributed by atoms with Crippen molar-refractivity contribution < 1.29 is 0 Å². The molecule has 0 fully saturated rings. The average molecular weight is 615 g/mol. The summed E-state index contributed by atoms with van der Waals surface area (Å²) in [7, 11) is 0. The fourth-order valence-corrected chi connectivity index (χ4v) is 6.55. The Balaban J connectivity index is 1.08. The van der Waals surface area contributed by atoms with Crippen LogP contribution in [-0.4, -0.2) is 0 Å². The SMILES string of the molecule is CCc1cc(Cc2ccc(Cc3ccc(N)cc3)cc2)ccc1Cc1ccc(Cc2ccc(Cc3ccc(N)cc3)cc2)cc1CC. The first-order valence-corrected chi connectivity index (χ1v) is 17.0. The highest BCUT2D eigenvalue weighted by molar-refractivity contribution is 5.44. The first-order valence-electron chi connectivity index (χ1n) is 17.0. The molecule has 0 aromatic heterocycles. The second kappa shape index (κ2) is 15.0. The van der Waals surface area contributed by atoms with Crippen molar-refractivity contribution in [1.29, 1.82) is 0 Å². The summed E-state index contributed by atoms with van der Waals surface area (Å²) in [4.78, 5) is 0. The molecule has 236 valence electrons. The van der Waals surface area contributed by atoms with Crippen molar-refractivity contribution in [2.45, 2.75) is 58.8 Å². The first kappa shape index (κ1) is 31.9. The summed E-state index contributed by atoms with van der Waals surface area (Å²) in [5.74, 6) is 0. The van der Waals surface area contributed by atoms with E-state index in [9.17, 15) is 0 Å². The Morgan fingerprint density at radius 2 is 0.553 bits per heavy atom. The largest absolute Gasteiger partial charge is 0.399 e. The van der Waals surface area contributed by atoms with E-state index in [0.717, 1.165) is 56.3 Å². The molecule has 0 aliphatic rings. The van der Waals surface area contributed by atoms with Crippen LogP contribution in [0, 0.1) is 0 Å². The van der Waals surface area contributed by atoms with E-state index < -0.39 is 0 Å². The second-order valence-electron chi connectivity index (χ2n) is 12.9. The van der Waals surface area contributed by atoms with Crippen LogP contribution in [0.5, 0.6) is 0 Å². The molecule has 6 aromatic rings. The third-order valence-electron chi connectivity index (χ3n) is 9.32. The Morgan fingerprint density at radius 3 is 0.851 bits per heavy atom. The molecule has 0 radical (unpaired) electrons. The van der Waals surface area contributed by atoms with Crippen molar-refractivity contribution in [2.24, 2.45) is 0 Å². The number of nitrogens with two attached hydrogens (primary N) is 2. The van der Waals surface area contributed by atoms with Gasteiger partial charge in [0.2, 0.25) is 0 Å². The molecule has 0 amide bonds. The molecule has 0 spiro atoms. The number of hydrogen-bond acceptors (Lipinski definition) is 2. The topological polar surface area (TPSA) is 52.0 Å². The zero-order valence-electron chi connectivity index (χ0n) is 27.8. The summed E-state index contributed by atoms with van der Waals surface area (Å²) >= 11 is 0. The normalized spacial score (nSPS) is 11.1. The lowest BCUT2D eigenvalue weighted by Crippen LogP contribution is -2.01. The van der Waals surface area contributed by atoms with Gasteiger partial charge in [-0.15, -0.1) is 0 Å². The minimum atomic E-state index is 0.810. The van der Waals surface area contributed by atoms with E-state index in [0.29, 0.717) is 0 Å². The molecule has 0 bridgehead atoms. The van der Waals surface area contributed by atoms with Crippen molar-refractivity contribution in [1.82, 2.24) is 0 Å². The molecule has 0 heterocycles. The minimum absolute atomic E-state index is 0.810. The van der Waals surface area contributed by atoms with Gasteiger partial charge in [-0.25, -0.2) is 0 Å². The van der Waals surface area contributed by atoms with Crippen LogP contribution in [0.4, 0.5) is 11.4 Å². The van der Waals surface area contributed by atoms with Crippen LogP contribution in [-0.2, 0) is 44.9 Å². The van der Waals surface area contributed by atoms with E-state index in [-0.39, 0.29) is 0 Å². The number of anilines is 2. The third-order valence-corrected chi connectivity index (χ3v) is 9.32. The summed E-state index contributed by atoms with van der Waals surface area (Å²) in [5, 5.41) is 0. The minimum Gasteiger partial charge on any atom is -0.399 e. The van der Waals surface area contributed by atoms with Gasteiger partial charge in [0.15, 0.2) is 0 Å². The molecular weight excluding hydrogens is 569 g/mol. The lowest BCUT2D eigenvalue weighted by molar-refractivity contribution is 1.01. The van der Waals surface area contributed by atoms with Gasteiger partial charge in [0, 0.05) is 11.4 Å². The number of hydrogen-bond donors (Lipinski definition) is 2. The maximum atomic E-state index is 5.84. The zero-order valence-corrected chi connectivity index (χ0v) is 27.8. The summed E-state index contributed by atoms with van der Waals surface area (Å²) < 4.78 is 0. The molecule has 0 saturated heterocycles. The average Bonchev–Trinajstić information content (AvgIpc) is 3.09. The highest BCUT2D eigenvalue weighted by atomic mass is 14.5. The predicted octanol–water partition coefficient (Wildman–Crippen LogP) is 9.93. The monoisotopic (exact) mass is 614 g/mol. The van der Waals surface area contributed by atoms with Crippen molar-refractivity contribution in [3.63, 3.8) is 0 Å². The van der Waals surface area contributed by atoms with Gasteiger partial charge < -0.3 is 11.5 Å². The van der Waals surface area contributed by atoms with Crippen LogP contribution in [0.25, 0.3) is 0 Å². The predicted molar refractivity (Wildman–Crippen MR) is 200 cm³/mol. The van der Waals surface area contributed by atoms with Crippen LogP contribution in [0.3, 0.4) is 0 Å². The fraction of sp³-hybridized carbons (Fsp3) is 0.200. The number of aryl methyl sites for hydroxylation is 2. The van der Waals surface area contributed by atoms with Gasteiger partial charge >= 0.3 is 0 Å². The molecule has 2 heteroatoms. The molecule has 0 aliphatic heterocycles. The molecule has 6 aromatic carbocycles. The van der Waals surface area contributed by atoms with Crippen LogP contribution >= 0.6 is 0 Å². The fourth-order valence-electron chi connectivity index (χ4n) is 6.55. The van der Waals surface area contributed by atoms with E-state index in [2.05, 4.69) is 123 Å². The molecule has 4 N–H and O–H groups in total. The number of benzene rings is 6. The number of nitrogen functional groups attached to an aromatic ring is 2. The van der Waals surface area contributed by atoms with Gasteiger partial charge in [-0.1, -0.05) is 123 Å². The zero-order chi connectivity index (χ0) is 32.6. The van der Waals surface area contributed by atoms with Crippen LogP contribution in [0.15, 0.2) is 133 Å². The molecule has 6 rings (SSSR count). The van der Waals surface area contributed by atoms with Gasteiger partial charge in [-0.05, 0) is 136 Å². The van der Waals surface area contributed by atoms with Crippen LogP contribution < -0.4 is 11.5 Å². The molecule has 0 atom stereocenters. The lowest BCUT2D eigenvalue weighted by Gasteiger charge is -2.15. The standard InChI is InChI=1S/C45H46N2/c1-3-40-29-38(27-34-9-5-32(6-10-34)25-36-15-21-44(46)22-16-36)13-19-42(40)31-43-20-14-39(30-41(43)4-2)28-35-11-7-33(8-12-35)26-37-17-23-45(47)24-18-37/h5-24,29-30H,3-4,25-28,31,46-47H2,1-2H3. The lowest BCUT2D eigenvalue weighted by atomic mass is 9.90. The maximum absolute atomic E-state index is 5.84. The van der Waals surface area contributed by atoms with Crippen LogP contribution in [0.1, 0.15) is 80.6 Å². The van der Waals surface area contributed by atoms with Crippen molar-refractivity contribution >= 4 is 11.4 Å². The Morgan fingerprint density at radius 1 is 0.298 bits per heavy atom. The van der Waals surface area contributed by atoms with Crippen molar-refractivity contribution in [3.8, 4) is 0 Å². The summed E-state index contributed by atoms with van der Waals surface area (Å²) in [5.41, 5.74) is 29.8. The Labute approximate surface area is 281 Å². The van der Waals surface area contributed by atoms with Crippen molar-refractivity contribution in [3.05, 3.63) is 200 Å². The van der Waals surface area contributed by atoms with Gasteiger partial charge in [0.1, 0.15) is 0 Å². The quantitative estimate of drug-likeness (QED) is 0.135. The molecule has 0 unspecified atom stereocenters. The van der Waals surface area contributed by atoms with Gasteiger partial charge in [0.25, 0.3) is 0 Å². The van der Waals surface area contributed by atoms with Gasteiger partial charge in [-0.2, -0.15) is 0 Å². The van der Waals surface area contributed by atoms with Gasteiger partial charge in [-0.3, -0.25) is 0 Å². The third kappa shape index (κ3) is 8.60. The van der Waals surface area contributed by atoms with E-state index >= 15 is 0 Å². The smallest absolute Gasteiger partial charge is 0.0314 e. The Kier molecular flexibility index (Phi) is 10.2. The highest BCUT2D eigenvalue weighted by Crippen LogP contribution is 2.24. The van der Waals surface area contributed by atoms with E-state index in [4.69, 9.17) is 11.5 Å². The number of rotatable bonds is 12. The molecule has 0 saturated carbocycles. The summed E-state index contributed by atoms with van der Waals surface area (Å²) in [6, 6.07) is 48.7. The maximum Gasteiger partial charge on any atom is 0.0314 e. The summed E-state index contributed by atoms with van der Waals surface area (Å²) in [6.07, 6.45) is 6.81. The molecule has 2 nitrogen and oxygen atoms in total. The molecule has 47 heavy (non-hydrogen) atoms. The van der Waals surface area contributed by atoms with E-state index in [1.807, 2.05) is 24.3 Å². The van der Waals surface area contributed by atoms with E-state index in [1.165, 1.54) is 66.8 Å². The highest BCUT2D eigenvalue weighted by Gasteiger charge is 2.10. The van der Waals surface area contributed by atoms with E-state index in [1.54, 1.807) is 0 Å². The first-order chi connectivity index (χ1) is 22.9. The second-order valence-corrected chi connectivity index (χ2v) is 12.9. The molecular formula is C45H46N2. The van der Waals surface area contributed by atoms with Crippen LogP contribution in [0.2, 0.25) is 0 Å². The molecule has 0 aliphatic carbocycles. The van der Waals surface area contributed by atoms with Gasteiger partial charge in [0.05, 0.1) is 0 Å². The summed E-state index contributed by atoms with van der Waals surface area (Å²) in [6.45, 7) is 4.55.